The van der Waals surface area contributed by atoms with Gasteiger partial charge in [0, 0.05) is 20.1 Å². The molecule has 0 saturated heterocycles. The first-order chi connectivity index (χ1) is 7.06. The molecule has 1 nitrogen and oxygen atoms in total. The van der Waals surface area contributed by atoms with E-state index in [9.17, 15) is 4.79 Å². The lowest BCUT2D eigenvalue weighted by Gasteiger charge is -2.10. The van der Waals surface area contributed by atoms with E-state index in [1.54, 1.807) is 6.07 Å². The molecule has 0 aliphatic heterocycles. The number of carbonyl (C=O) groups excluding carboxylic acids is 1. The topological polar surface area (TPSA) is 17.1 Å². The van der Waals surface area contributed by atoms with E-state index in [0.29, 0.717) is 5.02 Å². The maximum absolute atomic E-state index is 12.0. The van der Waals surface area contributed by atoms with Gasteiger partial charge < -0.3 is 0 Å². The van der Waals surface area contributed by atoms with Crippen LogP contribution in [0.15, 0.2) is 18.2 Å². The molecule has 0 spiro atoms. The molecule has 0 aliphatic carbocycles. The summed E-state index contributed by atoms with van der Waals surface area (Å²) in [4.78, 5) is 12.0. The van der Waals surface area contributed by atoms with Crippen molar-refractivity contribution in [2.45, 2.75) is 26.7 Å². The van der Waals surface area contributed by atoms with Crippen LogP contribution < -0.4 is 0 Å². The van der Waals surface area contributed by atoms with Crippen LogP contribution in [0.2, 0.25) is 5.02 Å². The first-order valence-corrected chi connectivity index (χ1v) is 6.51. The van der Waals surface area contributed by atoms with Gasteiger partial charge in [-0.1, -0.05) is 31.9 Å². The van der Waals surface area contributed by atoms with E-state index in [0.717, 1.165) is 22.0 Å². The average molecular weight is 337 g/mol. The lowest BCUT2D eigenvalue weighted by molar-refractivity contribution is 0.0922. The van der Waals surface area contributed by atoms with Crippen molar-refractivity contribution < 1.29 is 4.79 Å². The highest BCUT2D eigenvalue weighted by atomic mass is 127. The molecule has 0 aromatic heterocycles. The molecule has 1 aromatic carbocycles. The van der Waals surface area contributed by atoms with Crippen LogP contribution in [-0.2, 0) is 0 Å². The van der Waals surface area contributed by atoms with Crippen LogP contribution in [0.3, 0.4) is 0 Å². The number of hydrogen-bond donors (Lipinski definition) is 0. The van der Waals surface area contributed by atoms with Crippen LogP contribution in [0, 0.1) is 9.49 Å². The van der Waals surface area contributed by atoms with Crippen molar-refractivity contribution in [1.82, 2.24) is 0 Å². The van der Waals surface area contributed by atoms with Gasteiger partial charge in [-0.25, -0.2) is 0 Å². The van der Waals surface area contributed by atoms with E-state index < -0.39 is 0 Å². The number of hydrogen-bond acceptors (Lipinski definition) is 1. The fourth-order valence-corrected chi connectivity index (χ4v) is 2.29. The van der Waals surface area contributed by atoms with Gasteiger partial charge in [-0.3, -0.25) is 4.79 Å². The zero-order chi connectivity index (χ0) is 11.4. The van der Waals surface area contributed by atoms with E-state index in [2.05, 4.69) is 29.5 Å². The zero-order valence-electron chi connectivity index (χ0n) is 8.89. The summed E-state index contributed by atoms with van der Waals surface area (Å²) in [5.41, 5.74) is 0.754. The Morgan fingerprint density at radius 1 is 1.53 bits per heavy atom. The maximum atomic E-state index is 12.0. The Bertz CT molecular complexity index is 363. The molecule has 0 aliphatic rings. The van der Waals surface area contributed by atoms with Gasteiger partial charge in [-0.15, -0.1) is 0 Å². The third-order valence-electron chi connectivity index (χ3n) is 2.36. The zero-order valence-corrected chi connectivity index (χ0v) is 11.8. The number of ketones is 1. The quantitative estimate of drug-likeness (QED) is 0.582. The second kappa shape index (κ2) is 5.85. The Morgan fingerprint density at radius 2 is 2.20 bits per heavy atom. The van der Waals surface area contributed by atoms with Crippen molar-refractivity contribution in [3.8, 4) is 0 Å². The summed E-state index contributed by atoms with van der Waals surface area (Å²) < 4.78 is 0.977. The minimum absolute atomic E-state index is 0.0852. The number of rotatable bonds is 4. The number of halogens is 2. The molecule has 1 rings (SSSR count). The molecule has 82 valence electrons. The fraction of sp³-hybridized carbons (Fsp3) is 0.417. The van der Waals surface area contributed by atoms with Gasteiger partial charge in [0.05, 0.1) is 0 Å². The highest BCUT2D eigenvalue weighted by Gasteiger charge is 2.16. The molecule has 1 aromatic rings. The Balaban J connectivity index is 2.95. The molecule has 1 unspecified atom stereocenters. The Morgan fingerprint density at radius 3 is 2.80 bits per heavy atom. The summed E-state index contributed by atoms with van der Waals surface area (Å²) in [6.45, 7) is 4.07. The van der Waals surface area contributed by atoms with Gasteiger partial charge in [-0.2, -0.15) is 0 Å². The minimum Gasteiger partial charge on any atom is -0.294 e. The summed E-state index contributed by atoms with van der Waals surface area (Å²) >= 11 is 8.06. The summed E-state index contributed by atoms with van der Waals surface area (Å²) in [6.07, 6.45) is 1.96. The summed E-state index contributed by atoms with van der Waals surface area (Å²) in [6, 6.07) is 5.46. The van der Waals surface area contributed by atoms with Crippen LogP contribution >= 0.6 is 34.2 Å². The van der Waals surface area contributed by atoms with Crippen molar-refractivity contribution in [1.29, 1.82) is 0 Å². The second-order valence-electron chi connectivity index (χ2n) is 3.68. The molecule has 3 heteroatoms. The number of Topliss-reactive ketones (excluding diaryl/α,β-unsaturated/α-hetero) is 1. The number of carbonyl (C=O) groups is 1. The van der Waals surface area contributed by atoms with Crippen molar-refractivity contribution in [2.24, 2.45) is 5.92 Å². The summed E-state index contributed by atoms with van der Waals surface area (Å²) in [7, 11) is 0. The first-order valence-electron chi connectivity index (χ1n) is 5.05. The number of benzene rings is 1. The SMILES string of the molecule is CCCC(C)C(=O)c1cc(Cl)ccc1I. The van der Waals surface area contributed by atoms with E-state index in [-0.39, 0.29) is 11.7 Å². The lowest BCUT2D eigenvalue weighted by Crippen LogP contribution is -2.12. The van der Waals surface area contributed by atoms with Crippen LogP contribution in [0.25, 0.3) is 0 Å². The van der Waals surface area contributed by atoms with Gasteiger partial charge in [0.1, 0.15) is 0 Å². The Labute approximate surface area is 109 Å². The van der Waals surface area contributed by atoms with Crippen molar-refractivity contribution in [3.05, 3.63) is 32.4 Å². The molecular weight excluding hydrogens is 322 g/mol. The predicted molar refractivity (Wildman–Crippen MR) is 72.6 cm³/mol. The van der Waals surface area contributed by atoms with Gasteiger partial charge in [-0.05, 0) is 47.2 Å². The second-order valence-corrected chi connectivity index (χ2v) is 5.28. The fourth-order valence-electron chi connectivity index (χ4n) is 1.52. The highest BCUT2D eigenvalue weighted by Crippen LogP contribution is 2.22. The van der Waals surface area contributed by atoms with E-state index >= 15 is 0 Å². The molecule has 0 bridgehead atoms. The molecule has 0 amide bonds. The normalized spacial score (nSPS) is 12.5. The first kappa shape index (κ1) is 13.0. The van der Waals surface area contributed by atoms with E-state index in [1.807, 2.05) is 19.1 Å². The molecule has 0 heterocycles. The van der Waals surface area contributed by atoms with Crippen molar-refractivity contribution >= 4 is 40.0 Å². The molecule has 1 atom stereocenters. The van der Waals surface area contributed by atoms with Crippen LogP contribution in [0.4, 0.5) is 0 Å². The largest absolute Gasteiger partial charge is 0.294 e. The molecule has 0 fully saturated rings. The maximum Gasteiger partial charge on any atom is 0.166 e. The van der Waals surface area contributed by atoms with E-state index in [1.165, 1.54) is 0 Å². The molecule has 0 N–H and O–H groups in total. The smallest absolute Gasteiger partial charge is 0.166 e. The van der Waals surface area contributed by atoms with Crippen molar-refractivity contribution in [2.75, 3.05) is 0 Å². The lowest BCUT2D eigenvalue weighted by atomic mass is 9.95. The monoisotopic (exact) mass is 336 g/mol. The highest BCUT2D eigenvalue weighted by molar-refractivity contribution is 14.1. The van der Waals surface area contributed by atoms with Crippen LogP contribution in [0.5, 0.6) is 0 Å². The molecular formula is C12H14ClIO. The average Bonchev–Trinajstić information content (AvgIpc) is 2.21. The third kappa shape index (κ3) is 3.45. The third-order valence-corrected chi connectivity index (χ3v) is 3.54. The van der Waals surface area contributed by atoms with Gasteiger partial charge in [0.2, 0.25) is 0 Å². The van der Waals surface area contributed by atoms with Gasteiger partial charge in [0.15, 0.2) is 5.78 Å². The molecule has 0 radical (unpaired) electrons. The van der Waals surface area contributed by atoms with Crippen LogP contribution in [0.1, 0.15) is 37.0 Å². The van der Waals surface area contributed by atoms with Gasteiger partial charge in [0.25, 0.3) is 0 Å². The minimum atomic E-state index is 0.0852. The molecule has 0 saturated carbocycles. The van der Waals surface area contributed by atoms with Crippen molar-refractivity contribution in [3.63, 3.8) is 0 Å². The van der Waals surface area contributed by atoms with Gasteiger partial charge >= 0.3 is 0 Å². The molecule has 15 heavy (non-hydrogen) atoms. The van der Waals surface area contributed by atoms with Crippen LogP contribution in [-0.4, -0.2) is 5.78 Å². The Kier molecular flexibility index (Phi) is 5.06. The summed E-state index contributed by atoms with van der Waals surface area (Å²) in [5, 5.41) is 0.627. The Hall–Kier alpha value is -0.0900. The predicted octanol–water partition coefficient (Wildman–Crippen LogP) is 4.56. The summed E-state index contributed by atoms with van der Waals surface area (Å²) in [5.74, 6) is 0.283. The van der Waals surface area contributed by atoms with E-state index in [4.69, 9.17) is 11.6 Å². The standard InChI is InChI=1S/C12H14ClIO/c1-3-4-8(2)12(15)10-7-9(13)5-6-11(10)14/h5-8H,3-4H2,1-2H3.